The summed E-state index contributed by atoms with van der Waals surface area (Å²) in [7, 11) is 0. The largest absolute Gasteiger partial charge is 0.231 e. The molecule has 0 fully saturated rings. The minimum Gasteiger partial charge on any atom is -0.231 e. The normalized spacial score (nSPS) is 11.5. The van der Waals surface area contributed by atoms with E-state index >= 15 is 0 Å². The molecule has 4 nitrogen and oxygen atoms in total. The first-order chi connectivity index (χ1) is 30.7. The lowest BCUT2D eigenvalue weighted by atomic mass is 9.97. The fourth-order valence-corrected chi connectivity index (χ4v) is 10.1. The summed E-state index contributed by atoms with van der Waals surface area (Å²) in [5, 5.41) is 10.3. The van der Waals surface area contributed by atoms with Crippen molar-refractivity contribution in [2.45, 2.75) is 0 Å². The SMILES string of the molecule is c1ccc(-c2cc(-c3ccc(-c4cc5ccccc5c5c(-c6ccccc6)c(-c6ccccc6)nn45)cc3)nc(-c3ccc(-c4cccc5c4sc4ccccc45)cc3)n2)cc1. The highest BCUT2D eigenvalue weighted by Gasteiger charge is 2.22. The number of hydrogen-bond donors (Lipinski definition) is 0. The monoisotopic (exact) mass is 808 g/mol. The van der Waals surface area contributed by atoms with Crippen LogP contribution in [0.3, 0.4) is 0 Å². The highest BCUT2D eigenvalue weighted by molar-refractivity contribution is 7.26. The molecule has 290 valence electrons. The summed E-state index contributed by atoms with van der Waals surface area (Å²) >= 11 is 1.85. The van der Waals surface area contributed by atoms with Crippen LogP contribution >= 0.6 is 11.3 Å². The Hall–Kier alpha value is -7.99. The van der Waals surface area contributed by atoms with Gasteiger partial charge in [-0.1, -0.05) is 200 Å². The zero-order valence-electron chi connectivity index (χ0n) is 33.5. The third-order valence-electron chi connectivity index (χ3n) is 11.9. The quantitative estimate of drug-likeness (QED) is 0.161. The van der Waals surface area contributed by atoms with E-state index in [0.29, 0.717) is 5.82 Å². The first-order valence-corrected chi connectivity index (χ1v) is 21.7. The molecule has 4 heterocycles. The van der Waals surface area contributed by atoms with E-state index in [1.807, 2.05) is 17.4 Å². The van der Waals surface area contributed by atoms with Crippen molar-refractivity contribution in [3.05, 3.63) is 218 Å². The van der Waals surface area contributed by atoms with Crippen molar-refractivity contribution in [3.63, 3.8) is 0 Å². The molecule has 0 N–H and O–H groups in total. The van der Waals surface area contributed by atoms with Gasteiger partial charge in [-0.25, -0.2) is 14.5 Å². The molecule has 0 aliphatic carbocycles. The van der Waals surface area contributed by atoms with Crippen LogP contribution in [0.15, 0.2) is 218 Å². The summed E-state index contributed by atoms with van der Waals surface area (Å²) in [4.78, 5) is 10.4. The van der Waals surface area contributed by atoms with Gasteiger partial charge in [0.15, 0.2) is 5.82 Å². The van der Waals surface area contributed by atoms with Crippen LogP contribution in [-0.4, -0.2) is 19.6 Å². The molecule has 5 heteroatoms. The Balaban J connectivity index is 0.966. The molecule has 0 aliphatic rings. The van der Waals surface area contributed by atoms with Crippen molar-refractivity contribution in [3.8, 4) is 78.7 Å². The predicted molar refractivity (Wildman–Crippen MR) is 259 cm³/mol. The maximum atomic E-state index is 5.40. The highest BCUT2D eigenvalue weighted by Crippen LogP contribution is 2.42. The van der Waals surface area contributed by atoms with Gasteiger partial charge in [-0.2, -0.15) is 5.10 Å². The maximum absolute atomic E-state index is 5.40. The van der Waals surface area contributed by atoms with Crippen LogP contribution in [0.5, 0.6) is 0 Å². The molecular weight excluding hydrogens is 773 g/mol. The van der Waals surface area contributed by atoms with Crippen molar-refractivity contribution >= 4 is 47.8 Å². The number of benzene rings is 8. The minimum absolute atomic E-state index is 0.687. The van der Waals surface area contributed by atoms with E-state index in [1.54, 1.807) is 0 Å². The molecule has 0 radical (unpaired) electrons. The molecule has 12 rings (SSSR count). The minimum atomic E-state index is 0.687. The van der Waals surface area contributed by atoms with Crippen LogP contribution in [-0.2, 0) is 0 Å². The molecular formula is C57H36N4S. The van der Waals surface area contributed by atoms with Gasteiger partial charge in [-0.15, -0.1) is 11.3 Å². The topological polar surface area (TPSA) is 43.1 Å². The number of pyridine rings is 1. The summed E-state index contributed by atoms with van der Waals surface area (Å²) < 4.78 is 4.75. The third-order valence-corrected chi connectivity index (χ3v) is 13.1. The highest BCUT2D eigenvalue weighted by atomic mass is 32.1. The van der Waals surface area contributed by atoms with Gasteiger partial charge in [-0.3, -0.25) is 0 Å². The van der Waals surface area contributed by atoms with Gasteiger partial charge in [0.05, 0.1) is 22.6 Å². The van der Waals surface area contributed by atoms with E-state index in [2.05, 4.69) is 217 Å². The van der Waals surface area contributed by atoms with Crippen LogP contribution in [0.4, 0.5) is 0 Å². The molecule has 0 bridgehead atoms. The average Bonchev–Trinajstić information content (AvgIpc) is 3.95. The Morgan fingerprint density at radius 3 is 1.66 bits per heavy atom. The van der Waals surface area contributed by atoms with Gasteiger partial charge in [-0.05, 0) is 40.3 Å². The fourth-order valence-electron chi connectivity index (χ4n) is 8.84. The van der Waals surface area contributed by atoms with E-state index in [9.17, 15) is 0 Å². The molecule has 0 atom stereocenters. The van der Waals surface area contributed by atoms with E-state index in [-0.39, 0.29) is 0 Å². The number of hydrogen-bond acceptors (Lipinski definition) is 4. The zero-order chi connectivity index (χ0) is 41.0. The Morgan fingerprint density at radius 1 is 0.387 bits per heavy atom. The van der Waals surface area contributed by atoms with Crippen LogP contribution in [0, 0.1) is 0 Å². The van der Waals surface area contributed by atoms with Gasteiger partial charge < -0.3 is 0 Å². The summed E-state index contributed by atoms with van der Waals surface area (Å²) in [6, 6.07) is 77.2. The first-order valence-electron chi connectivity index (χ1n) is 20.9. The molecule has 12 aromatic rings. The van der Waals surface area contributed by atoms with Crippen LogP contribution in [0.2, 0.25) is 0 Å². The summed E-state index contributed by atoms with van der Waals surface area (Å²) in [6.07, 6.45) is 0. The maximum Gasteiger partial charge on any atom is 0.160 e. The second-order valence-corrected chi connectivity index (χ2v) is 16.6. The van der Waals surface area contributed by atoms with Gasteiger partial charge in [0.25, 0.3) is 0 Å². The predicted octanol–water partition coefficient (Wildman–Crippen LogP) is 15.3. The fraction of sp³-hybridized carbons (Fsp3) is 0. The van der Waals surface area contributed by atoms with Gasteiger partial charge in [0.1, 0.15) is 5.69 Å². The second-order valence-electron chi connectivity index (χ2n) is 15.6. The third kappa shape index (κ3) is 6.18. The van der Waals surface area contributed by atoms with Crippen LogP contribution in [0.25, 0.3) is 115 Å². The number of aromatic nitrogens is 4. The lowest BCUT2D eigenvalue weighted by Crippen LogP contribution is -1.97. The van der Waals surface area contributed by atoms with E-state index in [4.69, 9.17) is 15.1 Å². The molecule has 0 amide bonds. The smallest absolute Gasteiger partial charge is 0.160 e. The molecule has 0 saturated heterocycles. The lowest BCUT2D eigenvalue weighted by molar-refractivity contribution is 0.979. The Labute approximate surface area is 362 Å². The Bertz CT molecular complexity index is 3590. The molecule has 62 heavy (non-hydrogen) atoms. The van der Waals surface area contributed by atoms with Crippen LogP contribution in [0.1, 0.15) is 0 Å². The van der Waals surface area contributed by atoms with Crippen molar-refractivity contribution in [2.75, 3.05) is 0 Å². The van der Waals surface area contributed by atoms with E-state index < -0.39 is 0 Å². The summed E-state index contributed by atoms with van der Waals surface area (Å²) in [5.41, 5.74) is 14.6. The van der Waals surface area contributed by atoms with Crippen molar-refractivity contribution in [2.24, 2.45) is 0 Å². The van der Waals surface area contributed by atoms with E-state index in [1.165, 1.54) is 31.3 Å². The van der Waals surface area contributed by atoms with Crippen LogP contribution < -0.4 is 0 Å². The van der Waals surface area contributed by atoms with Gasteiger partial charge >= 0.3 is 0 Å². The lowest BCUT2D eigenvalue weighted by Gasteiger charge is -2.12. The summed E-state index contributed by atoms with van der Waals surface area (Å²) in [5.74, 6) is 0.687. The molecule has 0 unspecified atom stereocenters. The van der Waals surface area contributed by atoms with Crippen molar-refractivity contribution in [1.82, 2.24) is 19.6 Å². The molecule has 0 saturated carbocycles. The number of rotatable bonds is 7. The standard InChI is InChI=1S/C57H36N4S/c1-4-15-38(16-5-1)49-36-50(59-57(58-49)43-33-27-37(28-34-43)46-24-14-25-48-47-23-12-13-26-52(47)62-56(46)48)39-29-31-40(32-30-39)51-35-44-21-10-11-22-45(44)55-53(41-17-6-2-7-18-41)54(60-61(51)55)42-19-8-3-9-20-42/h1-36H. The number of nitrogens with zero attached hydrogens (tertiary/aromatic N) is 4. The van der Waals surface area contributed by atoms with Gasteiger partial charge in [0.2, 0.25) is 0 Å². The molecule has 0 aliphatic heterocycles. The first kappa shape index (κ1) is 35.9. The van der Waals surface area contributed by atoms with E-state index in [0.717, 1.165) is 78.0 Å². The van der Waals surface area contributed by atoms with Crippen molar-refractivity contribution in [1.29, 1.82) is 0 Å². The number of thiophene rings is 1. The Morgan fingerprint density at radius 2 is 0.935 bits per heavy atom. The molecule has 0 spiro atoms. The number of fused-ring (bicyclic) bond motifs is 6. The van der Waals surface area contributed by atoms with Gasteiger partial charge in [0, 0.05) is 58.9 Å². The second kappa shape index (κ2) is 14.9. The Kier molecular flexibility index (Phi) is 8.65. The zero-order valence-corrected chi connectivity index (χ0v) is 34.3. The van der Waals surface area contributed by atoms with Crippen molar-refractivity contribution < 1.29 is 0 Å². The summed E-state index contributed by atoms with van der Waals surface area (Å²) in [6.45, 7) is 0. The average molecular weight is 809 g/mol. The molecule has 8 aromatic carbocycles. The molecule has 4 aromatic heterocycles.